The Hall–Kier alpha value is -2.90. The molecular formula is C15H9ClF2N4O3S. The molecular weight excluding hydrogens is 390 g/mol. The van der Waals surface area contributed by atoms with E-state index in [4.69, 9.17) is 21.6 Å². The Morgan fingerprint density at radius 3 is 2.81 bits per heavy atom. The Bertz CT molecular complexity index is 1140. The third kappa shape index (κ3) is 3.40. The Morgan fingerprint density at radius 1 is 1.31 bits per heavy atom. The summed E-state index contributed by atoms with van der Waals surface area (Å²) in [5, 5.41) is 12.6. The van der Waals surface area contributed by atoms with Gasteiger partial charge in [-0.2, -0.15) is 10.4 Å². The number of nitriles is 1. The molecule has 11 heteroatoms. The van der Waals surface area contributed by atoms with Gasteiger partial charge in [0.05, 0.1) is 22.4 Å². The van der Waals surface area contributed by atoms with Gasteiger partial charge in [0.1, 0.15) is 11.0 Å². The summed E-state index contributed by atoms with van der Waals surface area (Å²) in [4.78, 5) is -0.237. The smallest absolute Gasteiger partial charge is 0.265 e. The van der Waals surface area contributed by atoms with Crippen molar-refractivity contribution in [1.82, 2.24) is 9.61 Å². The van der Waals surface area contributed by atoms with Gasteiger partial charge in [-0.3, -0.25) is 4.72 Å². The maximum atomic E-state index is 14.1. The molecule has 134 valence electrons. The first kappa shape index (κ1) is 17.9. The molecule has 0 aliphatic rings. The lowest BCUT2D eigenvalue weighted by atomic mass is 10.3. The zero-order valence-electron chi connectivity index (χ0n) is 12.8. The second kappa shape index (κ2) is 6.78. The van der Waals surface area contributed by atoms with E-state index in [0.29, 0.717) is 17.2 Å². The van der Waals surface area contributed by atoms with Crippen LogP contribution in [0.25, 0.3) is 5.52 Å². The molecule has 2 heterocycles. The number of nitrogens with one attached hydrogen (secondary N) is 1. The van der Waals surface area contributed by atoms with Crippen LogP contribution < -0.4 is 9.46 Å². The summed E-state index contributed by atoms with van der Waals surface area (Å²) in [6.07, 6.45) is 2.46. The summed E-state index contributed by atoms with van der Waals surface area (Å²) in [7, 11) is -4.25. The third-order valence-electron chi connectivity index (χ3n) is 3.29. The van der Waals surface area contributed by atoms with E-state index in [1.54, 1.807) is 6.07 Å². The quantitative estimate of drug-likeness (QED) is 0.712. The van der Waals surface area contributed by atoms with Crippen LogP contribution in [0.4, 0.5) is 14.5 Å². The van der Waals surface area contributed by atoms with Gasteiger partial charge in [-0.15, -0.1) is 0 Å². The van der Waals surface area contributed by atoms with Crippen LogP contribution in [0.2, 0.25) is 5.02 Å². The summed E-state index contributed by atoms with van der Waals surface area (Å²) in [6.45, 7) is -0.480. The highest BCUT2D eigenvalue weighted by molar-refractivity contribution is 7.93. The normalized spacial score (nSPS) is 11.3. The van der Waals surface area contributed by atoms with E-state index in [2.05, 4.69) is 5.10 Å². The number of pyridine rings is 1. The lowest BCUT2D eigenvalue weighted by Crippen LogP contribution is -2.14. The van der Waals surface area contributed by atoms with E-state index < -0.39 is 39.7 Å². The molecule has 1 aromatic carbocycles. The van der Waals surface area contributed by atoms with Crippen molar-refractivity contribution in [3.05, 3.63) is 53.3 Å². The molecule has 0 bridgehead atoms. The van der Waals surface area contributed by atoms with Crippen molar-refractivity contribution in [1.29, 1.82) is 5.26 Å². The van der Waals surface area contributed by atoms with Crippen LogP contribution >= 0.6 is 11.6 Å². The number of ether oxygens (including phenoxy) is 1. The van der Waals surface area contributed by atoms with Crippen molar-refractivity contribution in [3.63, 3.8) is 0 Å². The summed E-state index contributed by atoms with van der Waals surface area (Å²) < 4.78 is 61.0. The summed E-state index contributed by atoms with van der Waals surface area (Å²) in [6, 6.07) is 5.80. The Morgan fingerprint density at radius 2 is 2.08 bits per heavy atom. The standard InChI is InChI=1S/C15H9ClF2N4O3S/c16-9-1-2-13-15(7-20-22(13)8-9)26(23,24)21-12-5-11(18)14(6-10(12)17)25-4-3-19/h1-2,5-8,21H,4H2. The summed E-state index contributed by atoms with van der Waals surface area (Å²) in [5.74, 6) is -2.59. The molecule has 3 aromatic rings. The van der Waals surface area contributed by atoms with Crippen molar-refractivity contribution in [2.45, 2.75) is 4.90 Å². The molecule has 0 atom stereocenters. The molecule has 0 unspecified atom stereocenters. The van der Waals surface area contributed by atoms with E-state index >= 15 is 0 Å². The first-order valence-corrected chi connectivity index (χ1v) is 8.82. The number of fused-ring (bicyclic) bond motifs is 1. The number of rotatable bonds is 5. The third-order valence-corrected chi connectivity index (χ3v) is 4.90. The lowest BCUT2D eigenvalue weighted by molar-refractivity contribution is 0.344. The van der Waals surface area contributed by atoms with Gasteiger partial charge >= 0.3 is 0 Å². The molecule has 2 aromatic heterocycles. The van der Waals surface area contributed by atoms with Crippen molar-refractivity contribution in [2.75, 3.05) is 11.3 Å². The number of aromatic nitrogens is 2. The van der Waals surface area contributed by atoms with Crippen molar-refractivity contribution >= 4 is 32.8 Å². The molecule has 26 heavy (non-hydrogen) atoms. The lowest BCUT2D eigenvalue weighted by Gasteiger charge is -2.10. The Labute approximate surface area is 151 Å². The van der Waals surface area contributed by atoms with Crippen LogP contribution in [-0.4, -0.2) is 24.6 Å². The highest BCUT2D eigenvalue weighted by Crippen LogP contribution is 2.28. The molecule has 0 amide bonds. The van der Waals surface area contributed by atoms with Gasteiger partial charge in [0, 0.05) is 18.3 Å². The van der Waals surface area contributed by atoms with Gasteiger partial charge in [-0.25, -0.2) is 21.7 Å². The maximum absolute atomic E-state index is 14.1. The molecule has 1 N–H and O–H groups in total. The van der Waals surface area contributed by atoms with Gasteiger partial charge in [0.2, 0.25) is 0 Å². The van der Waals surface area contributed by atoms with Gasteiger partial charge < -0.3 is 4.74 Å². The Kier molecular flexibility index (Phi) is 4.67. The molecule has 0 saturated heterocycles. The molecule has 0 saturated carbocycles. The predicted octanol–water partition coefficient (Wildman–Crippen LogP) is 2.97. The van der Waals surface area contributed by atoms with E-state index in [9.17, 15) is 17.2 Å². The minimum absolute atomic E-state index is 0.205. The zero-order chi connectivity index (χ0) is 18.9. The summed E-state index contributed by atoms with van der Waals surface area (Å²) >= 11 is 5.81. The van der Waals surface area contributed by atoms with E-state index in [-0.39, 0.29) is 10.4 Å². The number of anilines is 1. The van der Waals surface area contributed by atoms with E-state index in [0.717, 1.165) is 6.20 Å². The highest BCUT2D eigenvalue weighted by Gasteiger charge is 2.22. The fourth-order valence-corrected chi connectivity index (χ4v) is 3.50. The number of hydrogen-bond donors (Lipinski definition) is 1. The van der Waals surface area contributed by atoms with Crippen LogP contribution in [0.1, 0.15) is 0 Å². The van der Waals surface area contributed by atoms with Crippen LogP contribution in [0.15, 0.2) is 41.6 Å². The molecule has 7 nitrogen and oxygen atoms in total. The van der Waals surface area contributed by atoms with Gasteiger partial charge in [0.15, 0.2) is 24.0 Å². The van der Waals surface area contributed by atoms with Crippen molar-refractivity contribution in [3.8, 4) is 11.8 Å². The highest BCUT2D eigenvalue weighted by atomic mass is 35.5. The van der Waals surface area contributed by atoms with Crippen molar-refractivity contribution < 1.29 is 21.9 Å². The average molecular weight is 399 g/mol. The number of nitrogens with zero attached hydrogens (tertiary/aromatic N) is 3. The predicted molar refractivity (Wildman–Crippen MR) is 88.5 cm³/mol. The molecule has 3 rings (SSSR count). The van der Waals surface area contributed by atoms with Crippen LogP contribution in [-0.2, 0) is 10.0 Å². The number of sulfonamides is 1. The minimum Gasteiger partial charge on any atom is -0.476 e. The van der Waals surface area contributed by atoms with Gasteiger partial charge in [-0.05, 0) is 12.1 Å². The van der Waals surface area contributed by atoms with Crippen LogP contribution in [0.3, 0.4) is 0 Å². The molecule has 0 aliphatic heterocycles. The second-order valence-corrected chi connectivity index (χ2v) is 7.09. The fraction of sp³-hybridized carbons (Fsp3) is 0.0667. The molecule has 0 spiro atoms. The summed E-state index contributed by atoms with van der Waals surface area (Å²) in [5.41, 5.74) is -0.406. The number of benzene rings is 1. The number of hydrogen-bond acceptors (Lipinski definition) is 5. The second-order valence-electron chi connectivity index (χ2n) is 5.00. The Balaban J connectivity index is 1.97. The topological polar surface area (TPSA) is 96.5 Å². The van der Waals surface area contributed by atoms with E-state index in [1.807, 2.05) is 4.72 Å². The largest absolute Gasteiger partial charge is 0.476 e. The first-order valence-electron chi connectivity index (χ1n) is 6.96. The van der Waals surface area contributed by atoms with Gasteiger partial charge in [-0.1, -0.05) is 11.6 Å². The average Bonchev–Trinajstić information content (AvgIpc) is 3.00. The molecule has 0 radical (unpaired) electrons. The SMILES string of the molecule is N#CCOc1cc(F)c(NS(=O)(=O)c2cnn3cc(Cl)ccc23)cc1F. The van der Waals surface area contributed by atoms with E-state index in [1.165, 1.54) is 22.8 Å². The number of halogens is 3. The van der Waals surface area contributed by atoms with Crippen LogP contribution in [0, 0.1) is 23.0 Å². The maximum Gasteiger partial charge on any atom is 0.265 e. The minimum atomic E-state index is -4.25. The van der Waals surface area contributed by atoms with Crippen LogP contribution in [0.5, 0.6) is 5.75 Å². The molecule has 0 aliphatic carbocycles. The van der Waals surface area contributed by atoms with Crippen molar-refractivity contribution in [2.24, 2.45) is 0 Å². The molecule has 0 fully saturated rings. The fourth-order valence-electron chi connectivity index (χ4n) is 2.17. The first-order chi connectivity index (χ1) is 12.3. The zero-order valence-corrected chi connectivity index (χ0v) is 14.4. The van der Waals surface area contributed by atoms with Gasteiger partial charge in [0.25, 0.3) is 10.0 Å². The monoisotopic (exact) mass is 398 g/mol.